The standard InChI is InChI=1S/C20H25NO4/c1-3-14-24-17-8-10-18(11-9-17)25-15-20(22)21-13-12-16-6-4-5-7-19(16)23-2/h4-11H,3,12-15H2,1-2H3,(H,21,22). The molecule has 2 aromatic carbocycles. The van der Waals surface area contributed by atoms with E-state index in [2.05, 4.69) is 12.2 Å². The summed E-state index contributed by atoms with van der Waals surface area (Å²) in [5.41, 5.74) is 1.06. The summed E-state index contributed by atoms with van der Waals surface area (Å²) in [4.78, 5) is 11.9. The molecule has 0 spiro atoms. The minimum Gasteiger partial charge on any atom is -0.496 e. The molecule has 0 aliphatic rings. The molecule has 0 aromatic heterocycles. The van der Waals surface area contributed by atoms with Gasteiger partial charge in [-0.05, 0) is 48.7 Å². The Hall–Kier alpha value is -2.69. The monoisotopic (exact) mass is 343 g/mol. The predicted molar refractivity (Wildman–Crippen MR) is 97.4 cm³/mol. The van der Waals surface area contributed by atoms with Gasteiger partial charge in [0, 0.05) is 6.54 Å². The molecular weight excluding hydrogens is 318 g/mol. The van der Waals surface area contributed by atoms with Crippen molar-refractivity contribution >= 4 is 5.91 Å². The highest BCUT2D eigenvalue weighted by atomic mass is 16.5. The highest BCUT2D eigenvalue weighted by molar-refractivity contribution is 5.77. The largest absolute Gasteiger partial charge is 0.496 e. The normalized spacial score (nSPS) is 10.2. The van der Waals surface area contributed by atoms with Gasteiger partial charge in [-0.3, -0.25) is 4.79 Å². The zero-order valence-electron chi connectivity index (χ0n) is 14.8. The SMILES string of the molecule is CCCOc1ccc(OCC(=O)NCCc2ccccc2OC)cc1. The van der Waals surface area contributed by atoms with E-state index in [1.54, 1.807) is 19.2 Å². The Bertz CT molecular complexity index is 655. The van der Waals surface area contributed by atoms with Crippen LogP contribution in [0.1, 0.15) is 18.9 Å². The lowest BCUT2D eigenvalue weighted by Gasteiger charge is -2.10. The fraction of sp³-hybridized carbons (Fsp3) is 0.350. The fourth-order valence-corrected chi connectivity index (χ4v) is 2.30. The van der Waals surface area contributed by atoms with Gasteiger partial charge < -0.3 is 19.5 Å². The molecule has 0 saturated heterocycles. The molecule has 134 valence electrons. The second kappa shape index (κ2) is 10.2. The van der Waals surface area contributed by atoms with Crippen molar-refractivity contribution in [3.63, 3.8) is 0 Å². The number of hydrogen-bond acceptors (Lipinski definition) is 4. The molecule has 0 aliphatic heterocycles. The summed E-state index contributed by atoms with van der Waals surface area (Å²) < 4.78 is 16.3. The summed E-state index contributed by atoms with van der Waals surface area (Å²) in [7, 11) is 1.64. The third-order valence-corrected chi connectivity index (χ3v) is 3.58. The first kappa shape index (κ1) is 18.6. The highest BCUT2D eigenvalue weighted by Gasteiger charge is 2.05. The van der Waals surface area contributed by atoms with Crippen LogP contribution in [-0.2, 0) is 11.2 Å². The summed E-state index contributed by atoms with van der Waals surface area (Å²) in [5, 5.41) is 2.85. The van der Waals surface area contributed by atoms with Crippen LogP contribution in [0.2, 0.25) is 0 Å². The molecule has 2 rings (SSSR count). The summed E-state index contributed by atoms with van der Waals surface area (Å²) in [6.07, 6.45) is 1.67. The van der Waals surface area contributed by atoms with E-state index in [0.717, 1.165) is 23.5 Å². The minimum absolute atomic E-state index is 0.0128. The Morgan fingerprint density at radius 3 is 2.36 bits per heavy atom. The van der Waals surface area contributed by atoms with Gasteiger partial charge in [0.15, 0.2) is 6.61 Å². The van der Waals surface area contributed by atoms with E-state index in [1.807, 2.05) is 36.4 Å². The van der Waals surface area contributed by atoms with E-state index < -0.39 is 0 Å². The zero-order valence-corrected chi connectivity index (χ0v) is 14.8. The van der Waals surface area contributed by atoms with Crippen LogP contribution in [0.4, 0.5) is 0 Å². The van der Waals surface area contributed by atoms with E-state index in [9.17, 15) is 4.79 Å². The molecule has 5 heteroatoms. The van der Waals surface area contributed by atoms with E-state index in [1.165, 1.54) is 0 Å². The number of nitrogens with one attached hydrogen (secondary N) is 1. The van der Waals surface area contributed by atoms with Gasteiger partial charge in [0.2, 0.25) is 0 Å². The highest BCUT2D eigenvalue weighted by Crippen LogP contribution is 2.18. The maximum Gasteiger partial charge on any atom is 0.257 e. The molecule has 0 saturated carbocycles. The van der Waals surface area contributed by atoms with Crippen molar-refractivity contribution < 1.29 is 19.0 Å². The molecule has 0 aliphatic carbocycles. The number of carbonyl (C=O) groups excluding carboxylic acids is 1. The van der Waals surface area contributed by atoms with Crippen LogP contribution >= 0.6 is 0 Å². The molecule has 0 unspecified atom stereocenters. The smallest absolute Gasteiger partial charge is 0.257 e. The second-order valence-corrected chi connectivity index (χ2v) is 5.52. The first-order valence-electron chi connectivity index (χ1n) is 8.47. The number of hydrogen-bond donors (Lipinski definition) is 1. The lowest BCUT2D eigenvalue weighted by molar-refractivity contribution is -0.123. The van der Waals surface area contributed by atoms with E-state index in [0.29, 0.717) is 25.3 Å². The van der Waals surface area contributed by atoms with Crippen molar-refractivity contribution in [1.29, 1.82) is 0 Å². The summed E-state index contributed by atoms with van der Waals surface area (Å²) in [6, 6.07) is 15.1. The van der Waals surface area contributed by atoms with Crippen LogP contribution in [0.5, 0.6) is 17.2 Å². The van der Waals surface area contributed by atoms with Crippen molar-refractivity contribution in [3.8, 4) is 17.2 Å². The molecule has 2 aromatic rings. The molecule has 0 bridgehead atoms. The zero-order chi connectivity index (χ0) is 17.9. The van der Waals surface area contributed by atoms with Gasteiger partial charge in [-0.15, -0.1) is 0 Å². The van der Waals surface area contributed by atoms with Gasteiger partial charge in [0.1, 0.15) is 17.2 Å². The number of carbonyl (C=O) groups is 1. The number of amides is 1. The number of ether oxygens (including phenoxy) is 3. The van der Waals surface area contributed by atoms with Gasteiger partial charge in [0.25, 0.3) is 5.91 Å². The molecule has 1 amide bonds. The Kier molecular flexibility index (Phi) is 7.63. The molecule has 0 atom stereocenters. The third kappa shape index (κ3) is 6.37. The van der Waals surface area contributed by atoms with E-state index >= 15 is 0 Å². The van der Waals surface area contributed by atoms with Crippen LogP contribution in [-0.4, -0.2) is 32.8 Å². The number of benzene rings is 2. The lowest BCUT2D eigenvalue weighted by Crippen LogP contribution is -2.30. The Morgan fingerprint density at radius 2 is 1.68 bits per heavy atom. The Labute approximate surface area is 148 Å². The molecule has 0 radical (unpaired) electrons. The minimum atomic E-state index is -0.152. The molecule has 0 heterocycles. The fourth-order valence-electron chi connectivity index (χ4n) is 2.30. The van der Waals surface area contributed by atoms with Gasteiger partial charge in [-0.25, -0.2) is 0 Å². The van der Waals surface area contributed by atoms with E-state index in [-0.39, 0.29) is 12.5 Å². The van der Waals surface area contributed by atoms with Gasteiger partial charge in [-0.1, -0.05) is 25.1 Å². The van der Waals surface area contributed by atoms with E-state index in [4.69, 9.17) is 14.2 Å². The first-order valence-corrected chi connectivity index (χ1v) is 8.47. The molecule has 25 heavy (non-hydrogen) atoms. The Morgan fingerprint density at radius 1 is 1.00 bits per heavy atom. The van der Waals surface area contributed by atoms with Crippen molar-refractivity contribution in [2.45, 2.75) is 19.8 Å². The molecule has 0 fully saturated rings. The van der Waals surface area contributed by atoms with Crippen molar-refractivity contribution in [3.05, 3.63) is 54.1 Å². The topological polar surface area (TPSA) is 56.8 Å². The van der Waals surface area contributed by atoms with Gasteiger partial charge >= 0.3 is 0 Å². The average Bonchev–Trinajstić information content (AvgIpc) is 2.66. The van der Waals surface area contributed by atoms with Crippen LogP contribution in [0, 0.1) is 0 Å². The number of para-hydroxylation sites is 1. The van der Waals surface area contributed by atoms with Gasteiger partial charge in [-0.2, -0.15) is 0 Å². The Balaban J connectivity index is 1.70. The predicted octanol–water partition coefficient (Wildman–Crippen LogP) is 3.22. The number of methoxy groups -OCH3 is 1. The molecular formula is C20H25NO4. The lowest BCUT2D eigenvalue weighted by atomic mass is 10.1. The van der Waals surface area contributed by atoms with Crippen LogP contribution in [0.25, 0.3) is 0 Å². The summed E-state index contributed by atoms with van der Waals surface area (Å²) in [5.74, 6) is 2.12. The first-order chi connectivity index (χ1) is 12.2. The van der Waals surface area contributed by atoms with Gasteiger partial charge in [0.05, 0.1) is 13.7 Å². The third-order valence-electron chi connectivity index (χ3n) is 3.58. The van der Waals surface area contributed by atoms with Crippen LogP contribution in [0.15, 0.2) is 48.5 Å². The average molecular weight is 343 g/mol. The molecule has 1 N–H and O–H groups in total. The second-order valence-electron chi connectivity index (χ2n) is 5.52. The molecule has 5 nitrogen and oxygen atoms in total. The summed E-state index contributed by atoms with van der Waals surface area (Å²) in [6.45, 7) is 3.27. The van der Waals surface area contributed by atoms with Crippen molar-refractivity contribution in [2.24, 2.45) is 0 Å². The quantitative estimate of drug-likeness (QED) is 0.720. The maximum absolute atomic E-state index is 11.9. The van der Waals surface area contributed by atoms with Crippen molar-refractivity contribution in [1.82, 2.24) is 5.32 Å². The summed E-state index contributed by atoms with van der Waals surface area (Å²) >= 11 is 0. The maximum atomic E-state index is 11.9. The van der Waals surface area contributed by atoms with Crippen LogP contribution in [0.3, 0.4) is 0 Å². The number of rotatable bonds is 10. The van der Waals surface area contributed by atoms with Crippen molar-refractivity contribution in [2.75, 3.05) is 26.9 Å². The van der Waals surface area contributed by atoms with Crippen LogP contribution < -0.4 is 19.5 Å².